The average molecular weight is 247 g/mol. The highest BCUT2D eigenvalue weighted by atomic mass is 127. The molecule has 0 aromatic carbocycles. The zero-order valence-electron chi connectivity index (χ0n) is 5.16. The zero-order chi connectivity index (χ0) is 7.40. The maximum atomic E-state index is 6.94. The lowest BCUT2D eigenvalue weighted by molar-refractivity contribution is 1.12. The third kappa shape index (κ3) is 1.44. The molecular formula is C6H6IN3. The summed E-state index contributed by atoms with van der Waals surface area (Å²) in [4.78, 5) is 4.00. The van der Waals surface area contributed by atoms with Crippen molar-refractivity contribution in [1.29, 1.82) is 5.41 Å². The molecule has 1 heterocycles. The molecule has 0 amide bonds. The van der Waals surface area contributed by atoms with Crippen LogP contribution in [0.3, 0.4) is 0 Å². The number of hydrogen-bond donors (Lipinski definition) is 1. The van der Waals surface area contributed by atoms with Crippen molar-refractivity contribution in [2.45, 2.75) is 0 Å². The van der Waals surface area contributed by atoms with Crippen molar-refractivity contribution < 1.29 is 0 Å². The summed E-state index contributed by atoms with van der Waals surface area (Å²) in [5, 5.41) is 6.94. The van der Waals surface area contributed by atoms with Gasteiger partial charge in [-0.3, -0.25) is 9.98 Å². The quantitative estimate of drug-likeness (QED) is 0.482. The molecule has 1 aromatic rings. The Bertz CT molecular complexity index is 251. The van der Waals surface area contributed by atoms with E-state index in [2.05, 4.69) is 27.6 Å². The molecule has 0 aliphatic rings. The Morgan fingerprint density at radius 3 is 3.10 bits per heavy atom. The van der Waals surface area contributed by atoms with E-state index < -0.39 is 0 Å². The Hall–Kier alpha value is -0.650. The third-order valence-corrected chi connectivity index (χ3v) is 1.41. The second-order valence-corrected chi connectivity index (χ2v) is 2.33. The van der Waals surface area contributed by atoms with E-state index in [9.17, 15) is 0 Å². The van der Waals surface area contributed by atoms with Crippen molar-refractivity contribution in [3.8, 4) is 0 Å². The summed E-state index contributed by atoms with van der Waals surface area (Å²) >= 11 is 2.11. The summed E-state index contributed by atoms with van der Waals surface area (Å²) in [7, 11) is 0. The molecule has 1 rings (SSSR count). The van der Waals surface area contributed by atoms with Gasteiger partial charge in [0.25, 0.3) is 0 Å². The minimum Gasteiger partial charge on any atom is -0.291 e. The van der Waals surface area contributed by atoms with Crippen molar-refractivity contribution in [3.05, 3.63) is 22.3 Å². The summed E-state index contributed by atoms with van der Waals surface area (Å²) in [5.41, 5.74) is 0. The average Bonchev–Trinajstić information content (AvgIpc) is 2.36. The van der Waals surface area contributed by atoms with Gasteiger partial charge in [0.15, 0.2) is 0 Å². The Morgan fingerprint density at radius 1 is 1.70 bits per heavy atom. The largest absolute Gasteiger partial charge is 0.291 e. The molecule has 10 heavy (non-hydrogen) atoms. The Morgan fingerprint density at radius 2 is 2.50 bits per heavy atom. The van der Waals surface area contributed by atoms with E-state index in [1.54, 1.807) is 17.0 Å². The Balaban J connectivity index is 3.00. The lowest BCUT2D eigenvalue weighted by atomic mass is 10.6. The zero-order valence-corrected chi connectivity index (χ0v) is 7.32. The molecule has 0 unspecified atom stereocenters. The van der Waals surface area contributed by atoms with Gasteiger partial charge in [0.2, 0.25) is 0 Å². The van der Waals surface area contributed by atoms with Gasteiger partial charge in [-0.05, 0) is 10.2 Å². The van der Waals surface area contributed by atoms with E-state index in [-0.39, 0.29) is 0 Å². The predicted molar refractivity (Wildman–Crippen MR) is 49.5 cm³/mol. The summed E-state index contributed by atoms with van der Waals surface area (Å²) in [6.45, 7) is 0. The molecule has 0 aliphatic carbocycles. The van der Waals surface area contributed by atoms with Crippen molar-refractivity contribution in [1.82, 2.24) is 9.55 Å². The van der Waals surface area contributed by atoms with Crippen LogP contribution >= 0.6 is 22.6 Å². The number of halogens is 1. The van der Waals surface area contributed by atoms with Gasteiger partial charge in [0, 0.05) is 12.4 Å². The first kappa shape index (κ1) is 7.46. The van der Waals surface area contributed by atoms with Gasteiger partial charge in [-0.25, -0.2) is 4.98 Å². The van der Waals surface area contributed by atoms with Crippen molar-refractivity contribution in [3.63, 3.8) is 0 Å². The molecule has 0 radical (unpaired) electrons. The van der Waals surface area contributed by atoms with Gasteiger partial charge in [-0.2, -0.15) is 0 Å². The normalized spacial score (nSPS) is 10.5. The van der Waals surface area contributed by atoms with Crippen LogP contribution in [-0.4, -0.2) is 15.9 Å². The van der Waals surface area contributed by atoms with Gasteiger partial charge in [-0.1, -0.05) is 22.6 Å². The summed E-state index contributed by atoms with van der Waals surface area (Å²) in [6.07, 6.45) is 6.46. The first-order chi connectivity index (χ1) is 4.88. The molecule has 0 saturated carbocycles. The molecular weight excluding hydrogens is 241 g/mol. The van der Waals surface area contributed by atoms with Crippen LogP contribution in [0.2, 0.25) is 0 Å². The molecule has 3 nitrogen and oxygen atoms in total. The van der Waals surface area contributed by atoms with E-state index in [4.69, 9.17) is 5.41 Å². The van der Waals surface area contributed by atoms with Gasteiger partial charge >= 0.3 is 0 Å². The summed E-state index contributed by atoms with van der Waals surface area (Å²) in [6, 6.07) is 0. The highest BCUT2D eigenvalue weighted by molar-refractivity contribution is 14.1. The van der Waals surface area contributed by atoms with Crippen molar-refractivity contribution in [2.24, 2.45) is 0 Å². The fourth-order valence-corrected chi connectivity index (χ4v) is 0.941. The van der Waals surface area contributed by atoms with E-state index in [1.807, 2.05) is 10.2 Å². The summed E-state index contributed by atoms with van der Waals surface area (Å²) in [5.74, 6) is 0.782. The van der Waals surface area contributed by atoms with Crippen LogP contribution in [-0.2, 0) is 0 Å². The number of nitrogens with one attached hydrogen (secondary N) is 1. The van der Waals surface area contributed by atoms with Crippen LogP contribution in [0.1, 0.15) is 5.82 Å². The topological polar surface area (TPSA) is 41.7 Å². The molecule has 0 fully saturated rings. The van der Waals surface area contributed by atoms with Crippen molar-refractivity contribution in [2.75, 3.05) is 0 Å². The smallest absolute Gasteiger partial charge is 0.138 e. The Labute approximate surface area is 72.4 Å². The number of rotatable bonds is 2. The number of nitrogens with zero attached hydrogens (tertiary/aromatic N) is 2. The molecule has 0 aliphatic heterocycles. The fraction of sp³-hybridized carbons (Fsp3) is 0. The molecule has 1 N–H and O–H groups in total. The van der Waals surface area contributed by atoms with Gasteiger partial charge in [-0.15, -0.1) is 0 Å². The molecule has 0 spiro atoms. The van der Waals surface area contributed by atoms with Crippen LogP contribution in [0.4, 0.5) is 0 Å². The molecule has 0 saturated heterocycles. The predicted octanol–water partition coefficient (Wildman–Crippen LogP) is 1.74. The number of imidazole rings is 1. The SMILES string of the molecule is N=Cn1ccnc1/C=C\I. The minimum atomic E-state index is 0.782. The highest BCUT2D eigenvalue weighted by Crippen LogP contribution is 1.98. The summed E-state index contributed by atoms with van der Waals surface area (Å²) < 4.78 is 3.50. The molecule has 0 bridgehead atoms. The van der Waals surface area contributed by atoms with Gasteiger partial charge in [0.1, 0.15) is 5.82 Å². The number of aromatic nitrogens is 2. The molecule has 52 valence electrons. The van der Waals surface area contributed by atoms with E-state index in [1.165, 1.54) is 6.34 Å². The fourth-order valence-electron chi connectivity index (χ4n) is 0.619. The second-order valence-electron chi connectivity index (χ2n) is 1.61. The monoisotopic (exact) mass is 247 g/mol. The maximum absolute atomic E-state index is 6.94. The standard InChI is InChI=1S/C6H6IN3/c7-2-1-6-9-3-4-10(6)5-8/h1-5,8H/b2-1-,8-5?. The Kier molecular flexibility index (Phi) is 2.61. The van der Waals surface area contributed by atoms with Gasteiger partial charge < -0.3 is 0 Å². The van der Waals surface area contributed by atoms with E-state index in [0.29, 0.717) is 0 Å². The van der Waals surface area contributed by atoms with Crippen LogP contribution < -0.4 is 0 Å². The third-order valence-electron chi connectivity index (χ3n) is 1.05. The second kappa shape index (κ2) is 3.50. The van der Waals surface area contributed by atoms with E-state index >= 15 is 0 Å². The first-order valence-corrected chi connectivity index (χ1v) is 3.93. The number of hydrogen-bond acceptors (Lipinski definition) is 2. The lowest BCUT2D eigenvalue weighted by Crippen LogP contribution is -1.94. The first-order valence-electron chi connectivity index (χ1n) is 2.68. The van der Waals surface area contributed by atoms with Crippen LogP contribution in [0, 0.1) is 5.41 Å². The van der Waals surface area contributed by atoms with Crippen molar-refractivity contribution >= 4 is 35.0 Å². The molecule has 0 atom stereocenters. The highest BCUT2D eigenvalue weighted by Gasteiger charge is 1.91. The minimum absolute atomic E-state index is 0.782. The molecule has 1 aromatic heterocycles. The van der Waals surface area contributed by atoms with Crippen LogP contribution in [0.15, 0.2) is 16.5 Å². The van der Waals surface area contributed by atoms with E-state index in [0.717, 1.165) is 5.82 Å². The molecule has 4 heteroatoms. The maximum Gasteiger partial charge on any atom is 0.138 e. The van der Waals surface area contributed by atoms with Crippen LogP contribution in [0.5, 0.6) is 0 Å². The lowest BCUT2D eigenvalue weighted by Gasteiger charge is -1.90. The van der Waals surface area contributed by atoms with Crippen LogP contribution in [0.25, 0.3) is 6.08 Å². The van der Waals surface area contributed by atoms with Gasteiger partial charge in [0.05, 0.1) is 6.34 Å².